The molecule has 4 rings (SSSR count). The number of rotatable bonds is 8. The Kier molecular flexibility index (Phi) is 6.37. The molecule has 0 saturated carbocycles. The molecular weight excluding hydrogens is 428 g/mol. The smallest absolute Gasteiger partial charge is 0.268 e. The van der Waals surface area contributed by atoms with Crippen molar-refractivity contribution < 1.29 is 19.1 Å². The summed E-state index contributed by atoms with van der Waals surface area (Å²) in [5.74, 6) is 0.435. The van der Waals surface area contributed by atoms with Crippen LogP contribution in [0.4, 0.5) is 5.13 Å². The van der Waals surface area contributed by atoms with Crippen LogP contribution >= 0.6 is 11.3 Å². The lowest BCUT2D eigenvalue weighted by atomic mass is 10.1. The summed E-state index contributed by atoms with van der Waals surface area (Å²) in [6.45, 7) is 0. The van der Waals surface area contributed by atoms with E-state index in [0.29, 0.717) is 39.6 Å². The van der Waals surface area contributed by atoms with Crippen LogP contribution in [0.3, 0.4) is 0 Å². The third kappa shape index (κ3) is 4.57. The van der Waals surface area contributed by atoms with E-state index in [1.807, 2.05) is 30.3 Å². The summed E-state index contributed by atoms with van der Waals surface area (Å²) in [5, 5.41) is 8.56. The van der Waals surface area contributed by atoms with Gasteiger partial charge in [-0.25, -0.2) is 4.98 Å². The number of carbonyl (C=O) groups excluding carboxylic acids is 2. The first-order chi connectivity index (χ1) is 15.6. The third-order valence-corrected chi connectivity index (χ3v) is 5.66. The Morgan fingerprint density at radius 2 is 1.84 bits per heavy atom. The summed E-state index contributed by atoms with van der Waals surface area (Å²) in [6, 6.07) is 13.9. The number of H-pyrrole nitrogens is 1. The van der Waals surface area contributed by atoms with E-state index in [1.54, 1.807) is 44.0 Å². The maximum absolute atomic E-state index is 13.1. The van der Waals surface area contributed by atoms with Crippen molar-refractivity contribution in [1.82, 2.24) is 15.3 Å². The van der Waals surface area contributed by atoms with Gasteiger partial charge in [-0.3, -0.25) is 9.59 Å². The number of hydrogen-bond acceptors (Lipinski definition) is 6. The Bertz CT molecular complexity index is 1180. The van der Waals surface area contributed by atoms with Crippen molar-refractivity contribution in [1.29, 1.82) is 0 Å². The van der Waals surface area contributed by atoms with Gasteiger partial charge >= 0.3 is 0 Å². The second-order valence-corrected chi connectivity index (χ2v) is 7.88. The summed E-state index contributed by atoms with van der Waals surface area (Å²) in [4.78, 5) is 33.2. The van der Waals surface area contributed by atoms with Crippen LogP contribution < -0.4 is 20.1 Å². The SMILES string of the molecule is COc1ccc(OC)c2[nH]c(C(=O)N[C@@H](Cc3ccccc3)C(=O)Nc3nccs3)cc12. The maximum atomic E-state index is 13.1. The average molecular weight is 451 g/mol. The van der Waals surface area contributed by atoms with E-state index in [4.69, 9.17) is 9.47 Å². The van der Waals surface area contributed by atoms with Crippen molar-refractivity contribution >= 4 is 39.2 Å². The maximum Gasteiger partial charge on any atom is 0.268 e. The molecule has 2 amide bonds. The zero-order chi connectivity index (χ0) is 22.5. The highest BCUT2D eigenvalue weighted by molar-refractivity contribution is 7.13. The molecular formula is C23H22N4O4S. The molecule has 0 bridgehead atoms. The number of thiazole rings is 1. The normalized spacial score (nSPS) is 11.7. The first kappa shape index (κ1) is 21.4. The lowest BCUT2D eigenvalue weighted by Crippen LogP contribution is -2.45. The molecule has 0 aliphatic heterocycles. The van der Waals surface area contributed by atoms with Crippen LogP contribution in [-0.4, -0.2) is 42.0 Å². The molecule has 0 fully saturated rings. The van der Waals surface area contributed by atoms with Gasteiger partial charge in [-0.05, 0) is 23.8 Å². The van der Waals surface area contributed by atoms with Crippen molar-refractivity contribution in [3.05, 3.63) is 71.4 Å². The van der Waals surface area contributed by atoms with Gasteiger partial charge in [-0.15, -0.1) is 11.3 Å². The largest absolute Gasteiger partial charge is 0.496 e. The lowest BCUT2D eigenvalue weighted by molar-refractivity contribution is -0.118. The fourth-order valence-electron chi connectivity index (χ4n) is 3.41. The van der Waals surface area contributed by atoms with Crippen LogP contribution in [0.2, 0.25) is 0 Å². The quantitative estimate of drug-likeness (QED) is 0.380. The molecule has 2 heterocycles. The molecule has 1 atom stereocenters. The van der Waals surface area contributed by atoms with Crippen LogP contribution in [0.25, 0.3) is 10.9 Å². The number of ether oxygens (including phenoxy) is 2. The van der Waals surface area contributed by atoms with Gasteiger partial charge in [-0.1, -0.05) is 30.3 Å². The van der Waals surface area contributed by atoms with E-state index in [1.165, 1.54) is 11.3 Å². The molecule has 32 heavy (non-hydrogen) atoms. The second kappa shape index (κ2) is 9.52. The fraction of sp³-hybridized carbons (Fsp3) is 0.174. The number of hydrogen-bond donors (Lipinski definition) is 3. The minimum Gasteiger partial charge on any atom is -0.496 e. The number of carbonyl (C=O) groups is 2. The number of fused-ring (bicyclic) bond motifs is 1. The van der Waals surface area contributed by atoms with E-state index in [9.17, 15) is 9.59 Å². The Morgan fingerprint density at radius 1 is 1.09 bits per heavy atom. The van der Waals surface area contributed by atoms with Gasteiger partial charge in [0.05, 0.1) is 19.7 Å². The predicted molar refractivity (Wildman–Crippen MR) is 124 cm³/mol. The van der Waals surface area contributed by atoms with Gasteiger partial charge in [0.25, 0.3) is 5.91 Å². The Hall–Kier alpha value is -3.85. The summed E-state index contributed by atoms with van der Waals surface area (Å²) >= 11 is 1.31. The molecule has 4 aromatic rings. The number of anilines is 1. The van der Waals surface area contributed by atoms with Gasteiger partial charge in [0, 0.05) is 23.4 Å². The highest BCUT2D eigenvalue weighted by Crippen LogP contribution is 2.33. The van der Waals surface area contributed by atoms with Crippen LogP contribution in [0.5, 0.6) is 11.5 Å². The highest BCUT2D eigenvalue weighted by atomic mass is 32.1. The van der Waals surface area contributed by atoms with Gasteiger partial charge < -0.3 is 25.1 Å². The Balaban J connectivity index is 1.60. The van der Waals surface area contributed by atoms with E-state index >= 15 is 0 Å². The van der Waals surface area contributed by atoms with E-state index in [-0.39, 0.29) is 5.91 Å². The Morgan fingerprint density at radius 3 is 2.53 bits per heavy atom. The summed E-state index contributed by atoms with van der Waals surface area (Å²) in [7, 11) is 3.12. The number of aromatic nitrogens is 2. The molecule has 2 aromatic heterocycles. The zero-order valence-corrected chi connectivity index (χ0v) is 18.4. The van der Waals surface area contributed by atoms with Gasteiger partial charge in [0.2, 0.25) is 5.91 Å². The van der Waals surface area contributed by atoms with Crippen molar-refractivity contribution in [2.24, 2.45) is 0 Å². The van der Waals surface area contributed by atoms with Gasteiger partial charge in [0.15, 0.2) is 5.13 Å². The van der Waals surface area contributed by atoms with Crippen LogP contribution in [0.1, 0.15) is 16.1 Å². The third-order valence-electron chi connectivity index (χ3n) is 4.97. The van der Waals surface area contributed by atoms with E-state index < -0.39 is 11.9 Å². The molecule has 0 unspecified atom stereocenters. The molecule has 0 saturated heterocycles. The zero-order valence-electron chi connectivity index (χ0n) is 17.5. The molecule has 0 aliphatic rings. The lowest BCUT2D eigenvalue weighted by Gasteiger charge is -2.17. The number of methoxy groups -OCH3 is 2. The minimum absolute atomic E-state index is 0.294. The molecule has 164 valence electrons. The monoisotopic (exact) mass is 450 g/mol. The van der Waals surface area contributed by atoms with Crippen LogP contribution in [0, 0.1) is 0 Å². The van der Waals surface area contributed by atoms with E-state index in [0.717, 1.165) is 5.56 Å². The number of amides is 2. The molecule has 0 aliphatic carbocycles. The first-order valence-electron chi connectivity index (χ1n) is 9.88. The topological polar surface area (TPSA) is 105 Å². The van der Waals surface area contributed by atoms with Crippen molar-refractivity contribution in [3.8, 4) is 11.5 Å². The highest BCUT2D eigenvalue weighted by Gasteiger charge is 2.24. The number of nitrogens with one attached hydrogen (secondary N) is 3. The molecule has 8 nitrogen and oxygen atoms in total. The molecule has 3 N–H and O–H groups in total. The molecule has 0 radical (unpaired) electrons. The van der Waals surface area contributed by atoms with Gasteiger partial charge in [0.1, 0.15) is 23.2 Å². The van der Waals surface area contributed by atoms with Crippen molar-refractivity contribution in [3.63, 3.8) is 0 Å². The summed E-state index contributed by atoms with van der Waals surface area (Å²) in [5.41, 5.74) is 1.86. The predicted octanol–water partition coefficient (Wildman–Crippen LogP) is 3.62. The summed E-state index contributed by atoms with van der Waals surface area (Å²) < 4.78 is 10.8. The number of nitrogens with zero attached hydrogens (tertiary/aromatic N) is 1. The van der Waals surface area contributed by atoms with E-state index in [2.05, 4.69) is 20.6 Å². The number of benzene rings is 2. The minimum atomic E-state index is -0.802. The standard InChI is InChI=1S/C23H22N4O4S/c1-30-18-8-9-19(31-2)20-15(18)13-17(25-20)21(28)26-16(12-14-6-4-3-5-7-14)22(29)27-23-24-10-11-32-23/h3-11,13,16,25H,12H2,1-2H3,(H,26,28)(H,24,27,29)/t16-/m0/s1. The van der Waals surface area contributed by atoms with Crippen molar-refractivity contribution in [2.75, 3.05) is 19.5 Å². The van der Waals surface area contributed by atoms with Gasteiger partial charge in [-0.2, -0.15) is 0 Å². The second-order valence-electron chi connectivity index (χ2n) is 6.98. The van der Waals surface area contributed by atoms with Crippen molar-refractivity contribution in [2.45, 2.75) is 12.5 Å². The number of aromatic amines is 1. The van der Waals surface area contributed by atoms with Crippen LogP contribution in [0.15, 0.2) is 60.1 Å². The molecule has 0 spiro atoms. The average Bonchev–Trinajstić information content (AvgIpc) is 3.49. The summed E-state index contributed by atoms with van der Waals surface area (Å²) in [6.07, 6.45) is 1.94. The van der Waals surface area contributed by atoms with Crippen LogP contribution in [-0.2, 0) is 11.2 Å². The molecule has 9 heteroatoms. The fourth-order valence-corrected chi connectivity index (χ4v) is 3.94. The first-order valence-corrected chi connectivity index (χ1v) is 10.8. The Labute approximate surface area is 188 Å². The molecule has 2 aromatic carbocycles.